The van der Waals surface area contributed by atoms with E-state index in [4.69, 9.17) is 0 Å². The number of carbonyl (C=O) groups is 2. The Bertz CT molecular complexity index is 1290. The zero-order chi connectivity index (χ0) is 21.3. The number of para-hydroxylation sites is 1. The van der Waals surface area contributed by atoms with Crippen molar-refractivity contribution in [3.8, 4) is 0 Å². The Balaban J connectivity index is 2.03. The van der Waals surface area contributed by atoms with Gasteiger partial charge in [-0.15, -0.1) is 0 Å². The molecule has 154 valence electrons. The van der Waals surface area contributed by atoms with Crippen LogP contribution < -0.4 is 15.9 Å². The van der Waals surface area contributed by atoms with Gasteiger partial charge in [0.2, 0.25) is 0 Å². The normalized spacial score (nSPS) is 15.7. The third-order valence-corrected chi connectivity index (χ3v) is 5.43. The van der Waals surface area contributed by atoms with E-state index in [1.54, 1.807) is 0 Å². The number of hydrogen-bond donors (Lipinski definition) is 2. The number of carbonyl (C=O) groups excluding carboxylic acids is 2. The minimum Gasteiger partial charge on any atom is -0.396 e. The van der Waals surface area contributed by atoms with Crippen LogP contribution in [0.25, 0.3) is 34.3 Å². The van der Waals surface area contributed by atoms with Crippen molar-refractivity contribution < 1.29 is 14.7 Å². The van der Waals surface area contributed by atoms with Crippen molar-refractivity contribution in [2.75, 3.05) is 6.61 Å². The molecule has 0 aliphatic carbocycles. The standard InChI is InChI=1S/C24H25N3O3/c1-3-8-19-16(4-2)11-13-27(19)22-21(23(29)25-24(22)30)18-15-26(12-7-14-28)20-10-6-5-9-17(18)20/h4-6,8-11,13,15,28H,3,7,12,14H2,1-2H3,(H,25,29,30)/b16-4-,19-8+. The summed E-state index contributed by atoms with van der Waals surface area (Å²) in [5.41, 5.74) is 2.41. The highest BCUT2D eigenvalue weighted by molar-refractivity contribution is 6.47. The van der Waals surface area contributed by atoms with Gasteiger partial charge in [0.1, 0.15) is 5.70 Å². The fraction of sp³-hybridized carbons (Fsp3) is 0.250. The van der Waals surface area contributed by atoms with E-state index < -0.39 is 11.8 Å². The molecule has 1 aromatic carbocycles. The fourth-order valence-electron chi connectivity index (χ4n) is 4.11. The number of aliphatic hydroxyl groups is 1. The number of rotatable bonds is 6. The molecular weight excluding hydrogens is 378 g/mol. The summed E-state index contributed by atoms with van der Waals surface area (Å²) in [6, 6.07) is 9.77. The molecule has 6 heteroatoms. The van der Waals surface area contributed by atoms with Crippen molar-refractivity contribution >= 4 is 46.1 Å². The van der Waals surface area contributed by atoms with Gasteiger partial charge in [-0.3, -0.25) is 14.9 Å². The highest BCUT2D eigenvalue weighted by Gasteiger charge is 2.34. The van der Waals surface area contributed by atoms with E-state index in [1.165, 1.54) is 0 Å². The van der Waals surface area contributed by atoms with E-state index in [-0.39, 0.29) is 6.61 Å². The van der Waals surface area contributed by atoms with Crippen molar-refractivity contribution in [3.63, 3.8) is 0 Å². The van der Waals surface area contributed by atoms with E-state index >= 15 is 0 Å². The van der Waals surface area contributed by atoms with Gasteiger partial charge < -0.3 is 14.2 Å². The highest BCUT2D eigenvalue weighted by Crippen LogP contribution is 2.33. The SMILES string of the molecule is C/C=c1/ccn(C2=C(c3cn(CCCO)c4ccccc34)C(=O)NC2=O)/c1=C/CC. The predicted molar refractivity (Wildman–Crippen MR) is 118 cm³/mol. The van der Waals surface area contributed by atoms with Gasteiger partial charge in [0, 0.05) is 47.4 Å². The van der Waals surface area contributed by atoms with Gasteiger partial charge >= 0.3 is 0 Å². The number of aryl methyl sites for hydroxylation is 1. The summed E-state index contributed by atoms with van der Waals surface area (Å²) in [7, 11) is 0. The van der Waals surface area contributed by atoms with Gasteiger partial charge in [-0.2, -0.15) is 0 Å². The minimum absolute atomic E-state index is 0.0879. The van der Waals surface area contributed by atoms with Crippen LogP contribution in [0.3, 0.4) is 0 Å². The molecule has 0 fully saturated rings. The molecule has 6 nitrogen and oxygen atoms in total. The Morgan fingerprint density at radius 3 is 2.67 bits per heavy atom. The number of nitrogens with one attached hydrogen (secondary N) is 1. The summed E-state index contributed by atoms with van der Waals surface area (Å²) in [6.07, 6.45) is 9.22. The molecule has 0 unspecified atom stereocenters. The second-order valence-corrected chi connectivity index (χ2v) is 7.26. The molecule has 2 N–H and O–H groups in total. The van der Waals surface area contributed by atoms with Crippen LogP contribution in [-0.4, -0.2) is 32.7 Å². The summed E-state index contributed by atoms with van der Waals surface area (Å²) < 4.78 is 3.84. The Morgan fingerprint density at radius 1 is 1.13 bits per heavy atom. The molecule has 1 aliphatic rings. The van der Waals surface area contributed by atoms with Crippen molar-refractivity contribution in [3.05, 3.63) is 58.9 Å². The lowest BCUT2D eigenvalue weighted by molar-refractivity contribution is -0.122. The summed E-state index contributed by atoms with van der Waals surface area (Å²) in [6.45, 7) is 4.71. The molecule has 0 atom stereocenters. The lowest BCUT2D eigenvalue weighted by atomic mass is 10.0. The van der Waals surface area contributed by atoms with Crippen LogP contribution in [0.1, 0.15) is 32.3 Å². The van der Waals surface area contributed by atoms with Crippen molar-refractivity contribution in [2.45, 2.75) is 33.2 Å². The molecule has 30 heavy (non-hydrogen) atoms. The topological polar surface area (TPSA) is 76.3 Å². The zero-order valence-electron chi connectivity index (χ0n) is 17.2. The van der Waals surface area contributed by atoms with Crippen LogP contribution in [0.2, 0.25) is 0 Å². The third-order valence-electron chi connectivity index (χ3n) is 5.43. The van der Waals surface area contributed by atoms with Crippen LogP contribution in [-0.2, 0) is 16.1 Å². The molecule has 4 rings (SSSR count). The first-order valence-corrected chi connectivity index (χ1v) is 10.2. The molecule has 1 aliphatic heterocycles. The average Bonchev–Trinajstić information content (AvgIpc) is 3.39. The molecule has 0 radical (unpaired) electrons. The zero-order valence-corrected chi connectivity index (χ0v) is 17.2. The molecule has 0 spiro atoms. The van der Waals surface area contributed by atoms with Crippen LogP contribution >= 0.6 is 0 Å². The number of nitrogens with zero attached hydrogens (tertiary/aromatic N) is 2. The Kier molecular flexibility index (Phi) is 5.42. The highest BCUT2D eigenvalue weighted by atomic mass is 16.3. The molecule has 2 amide bonds. The van der Waals surface area contributed by atoms with E-state index in [0.717, 1.165) is 33.5 Å². The van der Waals surface area contributed by atoms with Crippen molar-refractivity contribution in [1.82, 2.24) is 14.5 Å². The van der Waals surface area contributed by atoms with Gasteiger partial charge in [0.15, 0.2) is 0 Å². The lowest BCUT2D eigenvalue weighted by Crippen LogP contribution is -2.31. The second kappa shape index (κ2) is 8.16. The summed E-state index contributed by atoms with van der Waals surface area (Å²) >= 11 is 0. The molecule has 0 bridgehead atoms. The Morgan fingerprint density at radius 2 is 1.93 bits per heavy atom. The van der Waals surface area contributed by atoms with E-state index in [1.807, 2.05) is 71.8 Å². The molecule has 0 saturated carbocycles. The smallest absolute Gasteiger partial charge is 0.275 e. The van der Waals surface area contributed by atoms with E-state index in [9.17, 15) is 14.7 Å². The first kappa shape index (κ1) is 19.9. The molecule has 3 heterocycles. The second-order valence-electron chi connectivity index (χ2n) is 7.26. The summed E-state index contributed by atoms with van der Waals surface area (Å²) in [5, 5.41) is 14.6. The minimum atomic E-state index is -0.397. The number of aliphatic hydroxyl groups excluding tert-OH is 1. The maximum Gasteiger partial charge on any atom is 0.275 e. The van der Waals surface area contributed by atoms with E-state index in [2.05, 4.69) is 11.4 Å². The van der Waals surface area contributed by atoms with Crippen LogP contribution in [0.5, 0.6) is 0 Å². The first-order chi connectivity index (χ1) is 14.6. The molecule has 0 saturated heterocycles. The van der Waals surface area contributed by atoms with Crippen molar-refractivity contribution in [2.24, 2.45) is 0 Å². The number of benzene rings is 1. The monoisotopic (exact) mass is 403 g/mol. The maximum absolute atomic E-state index is 12.9. The van der Waals surface area contributed by atoms with Gasteiger partial charge in [-0.25, -0.2) is 0 Å². The van der Waals surface area contributed by atoms with Crippen LogP contribution in [0.15, 0.2) is 42.7 Å². The van der Waals surface area contributed by atoms with E-state index in [0.29, 0.717) is 24.2 Å². The first-order valence-electron chi connectivity index (χ1n) is 10.2. The Hall–Kier alpha value is -3.38. The number of imide groups is 1. The van der Waals surface area contributed by atoms with Gasteiger partial charge in [-0.1, -0.05) is 37.3 Å². The summed E-state index contributed by atoms with van der Waals surface area (Å²) in [4.78, 5) is 25.8. The predicted octanol–water partition coefficient (Wildman–Crippen LogP) is 1.84. The van der Waals surface area contributed by atoms with Gasteiger partial charge in [-0.05, 0) is 37.1 Å². The lowest BCUT2D eigenvalue weighted by Gasteiger charge is -2.06. The van der Waals surface area contributed by atoms with Crippen LogP contribution in [0.4, 0.5) is 0 Å². The average molecular weight is 403 g/mol. The van der Waals surface area contributed by atoms with Gasteiger partial charge in [0.25, 0.3) is 11.8 Å². The molecule has 2 aromatic heterocycles. The fourth-order valence-corrected chi connectivity index (χ4v) is 4.11. The van der Waals surface area contributed by atoms with Crippen molar-refractivity contribution in [1.29, 1.82) is 0 Å². The van der Waals surface area contributed by atoms with Crippen LogP contribution in [0, 0.1) is 0 Å². The molecular formula is C24H25N3O3. The number of aromatic nitrogens is 2. The number of fused-ring (bicyclic) bond motifs is 1. The maximum atomic E-state index is 12.9. The number of hydrogen-bond acceptors (Lipinski definition) is 3. The van der Waals surface area contributed by atoms with Gasteiger partial charge in [0.05, 0.1) is 5.57 Å². The summed E-state index contributed by atoms with van der Waals surface area (Å²) in [5.74, 6) is -0.788. The molecule has 3 aromatic rings. The Labute approximate surface area is 174 Å². The quantitative estimate of drug-likeness (QED) is 0.617. The largest absolute Gasteiger partial charge is 0.396 e. The third kappa shape index (κ3) is 3.19. The number of amides is 2.